The molecule has 3 heteroatoms. The molecule has 1 fully saturated rings. The summed E-state index contributed by atoms with van der Waals surface area (Å²) in [5, 5.41) is 11.8. The zero-order valence-electron chi connectivity index (χ0n) is 14.7. The number of allylic oxidation sites excluding steroid dienone is 1. The van der Waals surface area contributed by atoms with Gasteiger partial charge in [-0.15, -0.1) is 0 Å². The van der Waals surface area contributed by atoms with Crippen LogP contribution in [-0.4, -0.2) is 16.5 Å². The Balaban J connectivity index is 2.03. The fraction of sp³-hybridized carbons (Fsp3) is 0.650. The highest BCUT2D eigenvalue weighted by Gasteiger charge is 2.63. The number of hydrogen-bond acceptors (Lipinski definition) is 3. The van der Waals surface area contributed by atoms with Crippen molar-refractivity contribution < 1.29 is 14.3 Å². The van der Waals surface area contributed by atoms with Crippen LogP contribution in [0.4, 0.5) is 0 Å². The second kappa shape index (κ2) is 5.34. The van der Waals surface area contributed by atoms with Gasteiger partial charge >= 0.3 is 0 Å². The quantitative estimate of drug-likeness (QED) is 0.904. The Morgan fingerprint density at radius 3 is 2.74 bits per heavy atom. The molecular weight excluding hydrogens is 288 g/mol. The van der Waals surface area contributed by atoms with Crippen LogP contribution < -0.4 is 0 Å². The highest BCUT2D eigenvalue weighted by atomic mass is 16.3. The van der Waals surface area contributed by atoms with Crippen molar-refractivity contribution >= 4 is 5.78 Å². The van der Waals surface area contributed by atoms with Gasteiger partial charge in [-0.05, 0) is 55.2 Å². The van der Waals surface area contributed by atoms with Crippen LogP contribution in [0.1, 0.15) is 58.9 Å². The fourth-order valence-electron chi connectivity index (χ4n) is 4.94. The van der Waals surface area contributed by atoms with Crippen LogP contribution in [0, 0.1) is 16.7 Å². The SMILES string of the molecule is CC1C(=O)C=C2CCCC(C)(C)C2(C)C1(O)CCc1ccoc1. The number of furan rings is 1. The van der Waals surface area contributed by atoms with Gasteiger partial charge in [-0.2, -0.15) is 0 Å². The van der Waals surface area contributed by atoms with E-state index in [-0.39, 0.29) is 22.5 Å². The Morgan fingerprint density at radius 2 is 2.09 bits per heavy atom. The smallest absolute Gasteiger partial charge is 0.161 e. The van der Waals surface area contributed by atoms with E-state index in [2.05, 4.69) is 20.8 Å². The Morgan fingerprint density at radius 1 is 1.35 bits per heavy atom. The van der Waals surface area contributed by atoms with E-state index in [1.54, 1.807) is 12.5 Å². The molecule has 2 aliphatic rings. The number of hydrogen-bond donors (Lipinski definition) is 1. The summed E-state index contributed by atoms with van der Waals surface area (Å²) in [6.45, 7) is 8.55. The predicted molar refractivity (Wildman–Crippen MR) is 90.0 cm³/mol. The average Bonchev–Trinajstić information content (AvgIpc) is 3.00. The van der Waals surface area contributed by atoms with Gasteiger partial charge in [-0.25, -0.2) is 0 Å². The van der Waals surface area contributed by atoms with Gasteiger partial charge in [0.1, 0.15) is 0 Å². The maximum atomic E-state index is 12.5. The fourth-order valence-corrected chi connectivity index (χ4v) is 4.94. The minimum absolute atomic E-state index is 0.0306. The molecule has 1 N–H and O–H groups in total. The number of carbonyl (C=O) groups excluding carboxylic acids is 1. The van der Waals surface area contributed by atoms with E-state index >= 15 is 0 Å². The molecule has 2 aliphatic carbocycles. The summed E-state index contributed by atoms with van der Waals surface area (Å²) in [6.07, 6.45) is 9.62. The highest BCUT2D eigenvalue weighted by molar-refractivity contribution is 5.95. The van der Waals surface area contributed by atoms with Gasteiger partial charge in [-0.3, -0.25) is 4.79 Å². The van der Waals surface area contributed by atoms with E-state index in [1.807, 2.05) is 19.1 Å². The van der Waals surface area contributed by atoms with E-state index < -0.39 is 5.60 Å². The standard InChI is InChI=1S/C20H28O3/c1-14-17(21)12-16-6-5-9-18(2,3)19(16,4)20(14,22)10-7-15-8-11-23-13-15/h8,11-14,22H,5-7,9-10H2,1-4H3. The van der Waals surface area contributed by atoms with Gasteiger partial charge in [0.2, 0.25) is 0 Å². The third kappa shape index (κ3) is 2.24. The minimum Gasteiger partial charge on any atom is -0.472 e. The van der Waals surface area contributed by atoms with Crippen molar-refractivity contribution in [3.8, 4) is 0 Å². The van der Waals surface area contributed by atoms with Gasteiger partial charge in [0, 0.05) is 11.3 Å². The van der Waals surface area contributed by atoms with Crippen LogP contribution in [-0.2, 0) is 11.2 Å². The van der Waals surface area contributed by atoms with Crippen LogP contribution in [0.2, 0.25) is 0 Å². The zero-order chi connectivity index (χ0) is 16.9. The van der Waals surface area contributed by atoms with Gasteiger partial charge in [0.15, 0.2) is 5.78 Å². The predicted octanol–water partition coefficient (Wildman–Crippen LogP) is 4.30. The lowest BCUT2D eigenvalue weighted by molar-refractivity contribution is -0.173. The molecule has 0 aromatic carbocycles. The molecule has 0 amide bonds. The molecule has 0 saturated heterocycles. The first-order valence-corrected chi connectivity index (χ1v) is 8.71. The van der Waals surface area contributed by atoms with Gasteiger partial charge in [-0.1, -0.05) is 33.3 Å². The first kappa shape index (κ1) is 16.5. The van der Waals surface area contributed by atoms with Gasteiger partial charge in [0.05, 0.1) is 18.1 Å². The van der Waals surface area contributed by atoms with Crippen molar-refractivity contribution in [2.75, 3.05) is 0 Å². The van der Waals surface area contributed by atoms with Crippen LogP contribution in [0.15, 0.2) is 34.7 Å². The molecule has 3 nitrogen and oxygen atoms in total. The lowest BCUT2D eigenvalue weighted by atomic mass is 9.44. The molecule has 3 rings (SSSR count). The molecule has 1 aromatic heterocycles. The summed E-state index contributed by atoms with van der Waals surface area (Å²) in [5.41, 5.74) is 0.805. The molecule has 0 aliphatic heterocycles. The Bertz CT molecular complexity index is 625. The Hall–Kier alpha value is -1.35. The van der Waals surface area contributed by atoms with Crippen LogP contribution in [0.5, 0.6) is 0 Å². The van der Waals surface area contributed by atoms with Crippen molar-refractivity contribution in [3.05, 3.63) is 35.8 Å². The molecule has 3 atom stereocenters. The first-order valence-electron chi connectivity index (χ1n) is 8.71. The second-order valence-corrected chi connectivity index (χ2v) is 8.21. The average molecular weight is 316 g/mol. The molecule has 3 unspecified atom stereocenters. The van der Waals surface area contributed by atoms with E-state index in [9.17, 15) is 9.90 Å². The first-order chi connectivity index (χ1) is 10.7. The molecule has 0 bridgehead atoms. The van der Waals surface area contributed by atoms with Crippen LogP contribution in [0.3, 0.4) is 0 Å². The molecular formula is C20H28O3. The number of rotatable bonds is 3. The Kier molecular flexibility index (Phi) is 3.83. The van der Waals surface area contributed by atoms with Crippen molar-refractivity contribution in [1.29, 1.82) is 0 Å². The third-order valence-corrected chi connectivity index (χ3v) is 6.94. The molecule has 1 aromatic rings. The minimum atomic E-state index is -1.02. The maximum absolute atomic E-state index is 12.5. The summed E-state index contributed by atoms with van der Waals surface area (Å²) in [7, 11) is 0. The molecule has 0 spiro atoms. The number of carbonyl (C=O) groups is 1. The van der Waals surface area contributed by atoms with E-state index in [1.165, 1.54) is 0 Å². The van der Waals surface area contributed by atoms with Gasteiger partial charge in [0.25, 0.3) is 0 Å². The summed E-state index contributed by atoms with van der Waals surface area (Å²) >= 11 is 0. The van der Waals surface area contributed by atoms with E-state index in [4.69, 9.17) is 4.42 Å². The second-order valence-electron chi connectivity index (χ2n) is 8.21. The summed E-state index contributed by atoms with van der Waals surface area (Å²) in [6, 6.07) is 1.93. The summed E-state index contributed by atoms with van der Waals surface area (Å²) in [5.74, 6) is -0.301. The molecule has 23 heavy (non-hydrogen) atoms. The van der Waals surface area contributed by atoms with E-state index in [0.29, 0.717) is 6.42 Å². The normalized spacial score (nSPS) is 36.5. The zero-order valence-corrected chi connectivity index (χ0v) is 14.7. The lowest BCUT2D eigenvalue weighted by Crippen LogP contribution is -2.63. The Labute approximate surface area is 138 Å². The lowest BCUT2D eigenvalue weighted by Gasteiger charge is -2.61. The number of ketones is 1. The summed E-state index contributed by atoms with van der Waals surface area (Å²) in [4.78, 5) is 12.5. The van der Waals surface area contributed by atoms with Crippen molar-refractivity contribution in [1.82, 2.24) is 0 Å². The molecule has 126 valence electrons. The number of aryl methyl sites for hydroxylation is 1. The largest absolute Gasteiger partial charge is 0.472 e. The summed E-state index contributed by atoms with van der Waals surface area (Å²) < 4.78 is 5.15. The maximum Gasteiger partial charge on any atom is 0.161 e. The number of fused-ring (bicyclic) bond motifs is 1. The van der Waals surface area contributed by atoms with Crippen molar-refractivity contribution in [3.63, 3.8) is 0 Å². The van der Waals surface area contributed by atoms with Crippen molar-refractivity contribution in [2.45, 2.75) is 65.4 Å². The topological polar surface area (TPSA) is 50.4 Å². The van der Waals surface area contributed by atoms with Crippen LogP contribution in [0.25, 0.3) is 0 Å². The monoisotopic (exact) mass is 316 g/mol. The van der Waals surface area contributed by atoms with Crippen molar-refractivity contribution in [2.24, 2.45) is 16.7 Å². The van der Waals surface area contributed by atoms with E-state index in [0.717, 1.165) is 36.8 Å². The van der Waals surface area contributed by atoms with Gasteiger partial charge < -0.3 is 9.52 Å². The molecule has 1 heterocycles. The number of aliphatic hydroxyl groups is 1. The molecule has 0 radical (unpaired) electrons. The highest BCUT2D eigenvalue weighted by Crippen LogP contribution is 2.63. The van der Waals surface area contributed by atoms with Crippen LogP contribution >= 0.6 is 0 Å². The third-order valence-electron chi connectivity index (χ3n) is 6.94. The molecule has 1 saturated carbocycles.